The Hall–Kier alpha value is 0.0295. The third kappa shape index (κ3) is 5.05. The molecule has 0 aliphatic heterocycles. The van der Waals surface area contributed by atoms with E-state index in [2.05, 4.69) is 37.3 Å². The molecule has 0 saturated carbocycles. The van der Waals surface area contributed by atoms with Crippen LogP contribution in [0.15, 0.2) is 30.3 Å². The molecule has 1 aromatic carbocycles. The van der Waals surface area contributed by atoms with E-state index in [4.69, 9.17) is 11.6 Å². The van der Waals surface area contributed by atoms with Gasteiger partial charge in [0.2, 0.25) is 0 Å². The van der Waals surface area contributed by atoms with Gasteiger partial charge in [-0.3, -0.25) is 0 Å². The topological polar surface area (TPSA) is 0 Å². The maximum absolute atomic E-state index is 6.23. The molecule has 1 unspecified atom stereocenters. The van der Waals surface area contributed by atoms with Crippen LogP contribution in [0.1, 0.15) is 26.2 Å². The van der Waals surface area contributed by atoms with Crippen molar-refractivity contribution in [2.45, 2.75) is 36.9 Å². The Kier molecular flexibility index (Phi) is 6.34. The van der Waals surface area contributed by atoms with Gasteiger partial charge in [0.05, 0.1) is 0 Å². The molecule has 0 aromatic heterocycles. The van der Waals surface area contributed by atoms with Crippen LogP contribution in [-0.2, 0) is 0 Å². The second-order valence-electron chi connectivity index (χ2n) is 3.36. The van der Waals surface area contributed by atoms with E-state index in [0.29, 0.717) is 20.3 Å². The fourth-order valence-electron chi connectivity index (χ4n) is 1.21. The van der Waals surface area contributed by atoms with Crippen molar-refractivity contribution in [3.63, 3.8) is 0 Å². The van der Waals surface area contributed by atoms with Crippen LogP contribution in [-0.4, -0.2) is 20.3 Å². The van der Waals surface area contributed by atoms with E-state index in [1.807, 2.05) is 0 Å². The molecule has 0 fully saturated rings. The molecule has 0 aliphatic carbocycles. The third-order valence-electron chi connectivity index (χ3n) is 2.04. The first kappa shape index (κ1) is 12.1. The van der Waals surface area contributed by atoms with E-state index in [9.17, 15) is 0 Å². The molecular formula is C12H17ClSe. The predicted octanol–water partition coefficient (Wildman–Crippen LogP) is 3.23. The summed E-state index contributed by atoms with van der Waals surface area (Å²) < 4.78 is 1.46. The van der Waals surface area contributed by atoms with E-state index >= 15 is 0 Å². The number of unbranched alkanes of at least 4 members (excludes halogenated alkanes) is 1. The Morgan fingerprint density at radius 2 is 2.00 bits per heavy atom. The van der Waals surface area contributed by atoms with E-state index < -0.39 is 0 Å². The van der Waals surface area contributed by atoms with Gasteiger partial charge >= 0.3 is 98.2 Å². The van der Waals surface area contributed by atoms with Crippen molar-refractivity contribution in [3.8, 4) is 0 Å². The van der Waals surface area contributed by atoms with Gasteiger partial charge in [0.1, 0.15) is 0 Å². The summed E-state index contributed by atoms with van der Waals surface area (Å²) in [5.74, 6) is 0. The standard InChI is InChI=1S/C12H17ClSe/c1-2-3-7-11(13)10-14-12-8-5-4-6-9-12/h4-6,8-9,11H,2-3,7,10H2,1H3. The first-order valence-corrected chi connectivity index (χ1v) is 7.65. The molecule has 1 rings (SSSR count). The van der Waals surface area contributed by atoms with E-state index in [1.54, 1.807) is 0 Å². The van der Waals surface area contributed by atoms with Gasteiger partial charge in [0.15, 0.2) is 0 Å². The van der Waals surface area contributed by atoms with Gasteiger partial charge in [0, 0.05) is 0 Å². The van der Waals surface area contributed by atoms with Gasteiger partial charge in [-0.25, -0.2) is 0 Å². The summed E-state index contributed by atoms with van der Waals surface area (Å²) in [7, 11) is 0. The Labute approximate surface area is 98.2 Å². The Morgan fingerprint density at radius 1 is 1.29 bits per heavy atom. The molecule has 0 radical (unpaired) electrons. The van der Waals surface area contributed by atoms with Crippen LogP contribution in [0.3, 0.4) is 0 Å². The monoisotopic (exact) mass is 276 g/mol. The molecule has 0 heterocycles. The van der Waals surface area contributed by atoms with Crippen LogP contribution in [0.4, 0.5) is 0 Å². The van der Waals surface area contributed by atoms with Gasteiger partial charge in [-0.05, 0) is 0 Å². The Bertz CT molecular complexity index is 235. The van der Waals surface area contributed by atoms with Crippen molar-refractivity contribution in [3.05, 3.63) is 30.3 Å². The SMILES string of the molecule is CCCCC(Cl)C[Se]c1ccccc1. The van der Waals surface area contributed by atoms with Gasteiger partial charge < -0.3 is 0 Å². The number of halogens is 1. The minimum absolute atomic E-state index is 0.384. The Balaban J connectivity index is 2.20. The first-order valence-electron chi connectivity index (χ1n) is 5.15. The second-order valence-corrected chi connectivity index (χ2v) is 6.27. The molecule has 1 atom stereocenters. The fourth-order valence-corrected chi connectivity index (χ4v) is 3.56. The van der Waals surface area contributed by atoms with Crippen molar-refractivity contribution in [2.75, 3.05) is 0 Å². The van der Waals surface area contributed by atoms with Crippen molar-refractivity contribution < 1.29 is 0 Å². The molecule has 0 amide bonds. The minimum atomic E-state index is 0.384. The van der Waals surface area contributed by atoms with E-state index in [1.165, 1.54) is 29.0 Å². The van der Waals surface area contributed by atoms with E-state index in [-0.39, 0.29) is 0 Å². The molecule has 78 valence electrons. The molecule has 0 nitrogen and oxygen atoms in total. The summed E-state index contributed by atoms with van der Waals surface area (Å²) in [6, 6.07) is 10.7. The molecule has 0 bridgehead atoms. The summed E-state index contributed by atoms with van der Waals surface area (Å²) in [5, 5.41) is 1.55. The van der Waals surface area contributed by atoms with Crippen LogP contribution in [0.5, 0.6) is 0 Å². The predicted molar refractivity (Wildman–Crippen MR) is 65.8 cm³/mol. The zero-order valence-electron chi connectivity index (χ0n) is 8.58. The van der Waals surface area contributed by atoms with Crippen LogP contribution < -0.4 is 4.46 Å². The number of hydrogen-bond donors (Lipinski definition) is 0. The van der Waals surface area contributed by atoms with Gasteiger partial charge in [-0.2, -0.15) is 0 Å². The van der Waals surface area contributed by atoms with Gasteiger partial charge in [-0.1, -0.05) is 0 Å². The van der Waals surface area contributed by atoms with Crippen molar-refractivity contribution >= 4 is 31.0 Å². The average Bonchev–Trinajstić information content (AvgIpc) is 2.25. The van der Waals surface area contributed by atoms with Crippen molar-refractivity contribution in [2.24, 2.45) is 0 Å². The second kappa shape index (κ2) is 7.34. The quantitative estimate of drug-likeness (QED) is 0.552. The zero-order chi connectivity index (χ0) is 10.2. The third-order valence-corrected chi connectivity index (χ3v) is 5.30. The average molecular weight is 276 g/mol. The first-order chi connectivity index (χ1) is 6.83. The molecule has 1 aromatic rings. The summed E-state index contributed by atoms with van der Waals surface area (Å²) in [6.45, 7) is 2.21. The van der Waals surface area contributed by atoms with Crippen molar-refractivity contribution in [1.29, 1.82) is 0 Å². The zero-order valence-corrected chi connectivity index (χ0v) is 11.0. The normalized spacial score (nSPS) is 12.7. The molecular weight excluding hydrogens is 259 g/mol. The van der Waals surface area contributed by atoms with Crippen molar-refractivity contribution in [1.82, 2.24) is 0 Å². The van der Waals surface area contributed by atoms with Gasteiger partial charge in [0.25, 0.3) is 0 Å². The van der Waals surface area contributed by atoms with E-state index in [0.717, 1.165) is 0 Å². The molecule has 2 heteroatoms. The summed E-state index contributed by atoms with van der Waals surface area (Å²) >= 11 is 6.78. The van der Waals surface area contributed by atoms with Crippen LogP contribution in [0.2, 0.25) is 5.32 Å². The fraction of sp³-hybridized carbons (Fsp3) is 0.500. The molecule has 0 N–H and O–H groups in total. The number of rotatable bonds is 6. The van der Waals surface area contributed by atoms with Gasteiger partial charge in [-0.15, -0.1) is 0 Å². The van der Waals surface area contributed by atoms with Crippen LogP contribution in [0, 0.1) is 0 Å². The summed E-state index contributed by atoms with van der Waals surface area (Å²) in [4.78, 5) is 0. The molecule has 0 spiro atoms. The van der Waals surface area contributed by atoms with Crippen LogP contribution in [0.25, 0.3) is 0 Å². The summed E-state index contributed by atoms with van der Waals surface area (Å²) in [6.07, 6.45) is 3.69. The molecule has 0 aliphatic rings. The van der Waals surface area contributed by atoms with Crippen LogP contribution >= 0.6 is 11.6 Å². The molecule has 14 heavy (non-hydrogen) atoms. The number of hydrogen-bond acceptors (Lipinski definition) is 0. The number of alkyl halides is 1. The summed E-state index contributed by atoms with van der Waals surface area (Å²) in [5.41, 5.74) is 0. The Morgan fingerprint density at radius 3 is 2.64 bits per heavy atom. The maximum atomic E-state index is 6.23. The number of benzene rings is 1. The molecule has 0 saturated heterocycles.